The van der Waals surface area contributed by atoms with Crippen LogP contribution in [0.4, 0.5) is 0 Å². The Kier molecular flexibility index (Phi) is 4.81. The van der Waals surface area contributed by atoms with E-state index in [1.54, 1.807) is 7.11 Å². The average molecular weight is 222 g/mol. The van der Waals surface area contributed by atoms with E-state index in [1.807, 2.05) is 0 Å². The summed E-state index contributed by atoms with van der Waals surface area (Å²) in [6, 6.07) is 4.31. The van der Waals surface area contributed by atoms with Crippen molar-refractivity contribution in [2.75, 3.05) is 13.7 Å². The Morgan fingerprint density at radius 2 is 1.81 bits per heavy atom. The fourth-order valence-electron chi connectivity index (χ4n) is 2.15. The van der Waals surface area contributed by atoms with E-state index in [0.29, 0.717) is 5.92 Å². The molecule has 0 fully saturated rings. The van der Waals surface area contributed by atoms with Crippen LogP contribution in [0.3, 0.4) is 0 Å². The maximum atomic E-state index is 9.20. The first-order chi connectivity index (χ1) is 7.62. The lowest BCUT2D eigenvalue weighted by molar-refractivity contribution is 0.222. The summed E-state index contributed by atoms with van der Waals surface area (Å²) in [4.78, 5) is 0. The molecule has 0 aliphatic rings. The number of aryl methyl sites for hydroxylation is 2. The molecule has 1 unspecified atom stereocenters. The summed E-state index contributed by atoms with van der Waals surface area (Å²) in [5, 5.41) is 9.20. The van der Waals surface area contributed by atoms with Gasteiger partial charge in [0.05, 0.1) is 7.11 Å². The molecule has 0 aromatic heterocycles. The Labute approximate surface area is 98.3 Å². The fraction of sp³-hybridized carbons (Fsp3) is 0.571. The van der Waals surface area contributed by atoms with Gasteiger partial charge in [0.15, 0.2) is 0 Å². The molecule has 0 spiro atoms. The number of hydrogen-bond donors (Lipinski definition) is 1. The van der Waals surface area contributed by atoms with Crippen LogP contribution in [0.2, 0.25) is 0 Å². The molecule has 1 aromatic rings. The summed E-state index contributed by atoms with van der Waals surface area (Å²) in [5.41, 5.74) is 3.63. The molecule has 2 heteroatoms. The second-order valence-electron chi connectivity index (χ2n) is 4.42. The highest BCUT2D eigenvalue weighted by molar-refractivity contribution is 5.43. The number of hydrogen-bond acceptors (Lipinski definition) is 2. The molecule has 0 aliphatic heterocycles. The van der Waals surface area contributed by atoms with Gasteiger partial charge in [-0.2, -0.15) is 0 Å². The van der Waals surface area contributed by atoms with Crippen molar-refractivity contribution >= 4 is 0 Å². The van der Waals surface area contributed by atoms with E-state index < -0.39 is 0 Å². The van der Waals surface area contributed by atoms with Crippen LogP contribution in [-0.2, 0) is 6.42 Å². The van der Waals surface area contributed by atoms with E-state index in [1.165, 1.54) is 16.7 Å². The van der Waals surface area contributed by atoms with Crippen molar-refractivity contribution in [1.82, 2.24) is 0 Å². The quantitative estimate of drug-likeness (QED) is 0.830. The zero-order chi connectivity index (χ0) is 12.1. The van der Waals surface area contributed by atoms with Crippen LogP contribution in [-0.4, -0.2) is 18.8 Å². The molecule has 1 aromatic carbocycles. The molecule has 1 atom stereocenters. The smallest absolute Gasteiger partial charge is 0.124 e. The molecular formula is C14H22O2. The summed E-state index contributed by atoms with van der Waals surface area (Å²) in [5.74, 6) is 1.34. The third-order valence-corrected chi connectivity index (χ3v) is 3.08. The summed E-state index contributed by atoms with van der Waals surface area (Å²) in [6.45, 7) is 6.51. The lowest BCUT2D eigenvalue weighted by atomic mass is 9.95. The monoisotopic (exact) mass is 222 g/mol. The van der Waals surface area contributed by atoms with Crippen LogP contribution < -0.4 is 4.74 Å². The zero-order valence-electron chi connectivity index (χ0n) is 10.7. The molecule has 1 N–H and O–H groups in total. The van der Waals surface area contributed by atoms with Crippen LogP contribution >= 0.6 is 0 Å². The Bertz CT molecular complexity index is 318. The molecule has 0 heterocycles. The number of rotatable bonds is 5. The highest BCUT2D eigenvalue weighted by Gasteiger charge is 2.09. The molecule has 90 valence electrons. The van der Waals surface area contributed by atoms with E-state index >= 15 is 0 Å². The van der Waals surface area contributed by atoms with Gasteiger partial charge < -0.3 is 9.84 Å². The van der Waals surface area contributed by atoms with E-state index in [-0.39, 0.29) is 6.61 Å². The molecular weight excluding hydrogens is 200 g/mol. The molecule has 1 rings (SSSR count). The Morgan fingerprint density at radius 1 is 1.25 bits per heavy atom. The van der Waals surface area contributed by atoms with Gasteiger partial charge >= 0.3 is 0 Å². The third-order valence-electron chi connectivity index (χ3n) is 3.08. The Morgan fingerprint density at radius 3 is 2.19 bits per heavy atom. The van der Waals surface area contributed by atoms with Crippen molar-refractivity contribution < 1.29 is 9.84 Å². The van der Waals surface area contributed by atoms with Gasteiger partial charge in [0.2, 0.25) is 0 Å². The Hall–Kier alpha value is -1.02. The average Bonchev–Trinajstić information content (AvgIpc) is 2.25. The first kappa shape index (κ1) is 13.0. The minimum Gasteiger partial charge on any atom is -0.496 e. The van der Waals surface area contributed by atoms with Gasteiger partial charge in [-0.25, -0.2) is 0 Å². The minimum atomic E-state index is 0.265. The fourth-order valence-corrected chi connectivity index (χ4v) is 2.15. The van der Waals surface area contributed by atoms with Crippen LogP contribution in [0.25, 0.3) is 0 Å². The van der Waals surface area contributed by atoms with Crippen molar-refractivity contribution in [1.29, 1.82) is 0 Å². The van der Waals surface area contributed by atoms with Gasteiger partial charge in [0.25, 0.3) is 0 Å². The molecule has 0 amide bonds. The van der Waals surface area contributed by atoms with Crippen molar-refractivity contribution in [3.63, 3.8) is 0 Å². The van der Waals surface area contributed by atoms with Crippen molar-refractivity contribution in [2.24, 2.45) is 5.92 Å². The van der Waals surface area contributed by atoms with Gasteiger partial charge in [0.1, 0.15) is 5.75 Å². The minimum absolute atomic E-state index is 0.265. The number of ether oxygens (including phenoxy) is 1. The van der Waals surface area contributed by atoms with Gasteiger partial charge in [-0.3, -0.25) is 0 Å². The topological polar surface area (TPSA) is 29.5 Å². The second-order valence-corrected chi connectivity index (χ2v) is 4.42. The summed E-state index contributed by atoms with van der Waals surface area (Å²) in [6.07, 6.45) is 1.96. The predicted octanol–water partition coefficient (Wildman–Crippen LogP) is 2.87. The van der Waals surface area contributed by atoms with Crippen LogP contribution in [0, 0.1) is 19.8 Å². The molecule has 16 heavy (non-hydrogen) atoms. The predicted molar refractivity (Wildman–Crippen MR) is 67.0 cm³/mol. The molecule has 2 nitrogen and oxygen atoms in total. The maximum Gasteiger partial charge on any atom is 0.124 e. The third kappa shape index (κ3) is 2.99. The number of aliphatic hydroxyl groups excluding tert-OH is 1. The van der Waals surface area contributed by atoms with Gasteiger partial charge in [-0.15, -0.1) is 0 Å². The van der Waals surface area contributed by atoms with E-state index in [9.17, 15) is 5.11 Å². The highest BCUT2D eigenvalue weighted by atomic mass is 16.5. The van der Waals surface area contributed by atoms with Crippen LogP contribution in [0.1, 0.15) is 30.0 Å². The number of methoxy groups -OCH3 is 1. The van der Waals surface area contributed by atoms with Gasteiger partial charge in [-0.1, -0.05) is 25.5 Å². The molecule has 0 radical (unpaired) electrons. The largest absolute Gasteiger partial charge is 0.496 e. The van der Waals surface area contributed by atoms with Gasteiger partial charge in [0, 0.05) is 6.61 Å². The van der Waals surface area contributed by atoms with E-state index in [4.69, 9.17) is 4.74 Å². The van der Waals surface area contributed by atoms with Gasteiger partial charge in [-0.05, 0) is 42.9 Å². The maximum absolute atomic E-state index is 9.20. The van der Waals surface area contributed by atoms with Crippen LogP contribution in [0.5, 0.6) is 5.75 Å². The first-order valence-corrected chi connectivity index (χ1v) is 5.87. The molecule has 0 bridgehead atoms. The number of aliphatic hydroxyl groups is 1. The standard InChI is InChI=1S/C14H22O2/c1-5-12(9-15)8-13-6-10(2)14(16-4)11(3)7-13/h6-7,12,15H,5,8-9H2,1-4H3. The van der Waals surface area contributed by atoms with Crippen LogP contribution in [0.15, 0.2) is 12.1 Å². The lowest BCUT2D eigenvalue weighted by Crippen LogP contribution is -2.08. The van der Waals surface area contributed by atoms with Crippen molar-refractivity contribution in [2.45, 2.75) is 33.6 Å². The molecule has 0 saturated carbocycles. The first-order valence-electron chi connectivity index (χ1n) is 5.87. The zero-order valence-corrected chi connectivity index (χ0v) is 10.7. The normalized spacial score (nSPS) is 12.6. The van der Waals surface area contributed by atoms with Crippen molar-refractivity contribution in [3.8, 4) is 5.75 Å². The summed E-state index contributed by atoms with van der Waals surface area (Å²) >= 11 is 0. The lowest BCUT2D eigenvalue weighted by Gasteiger charge is -2.15. The Balaban J connectivity index is 2.91. The van der Waals surface area contributed by atoms with E-state index in [2.05, 4.69) is 32.9 Å². The summed E-state index contributed by atoms with van der Waals surface area (Å²) < 4.78 is 5.34. The molecule has 0 aliphatic carbocycles. The molecule has 0 saturated heterocycles. The van der Waals surface area contributed by atoms with E-state index in [0.717, 1.165) is 18.6 Å². The summed E-state index contributed by atoms with van der Waals surface area (Å²) in [7, 11) is 1.71. The second kappa shape index (κ2) is 5.90. The van der Waals surface area contributed by atoms with Crippen molar-refractivity contribution in [3.05, 3.63) is 28.8 Å². The highest BCUT2D eigenvalue weighted by Crippen LogP contribution is 2.25. The number of benzene rings is 1. The SMILES string of the molecule is CCC(CO)Cc1cc(C)c(OC)c(C)c1.